The van der Waals surface area contributed by atoms with Gasteiger partial charge in [-0.15, -0.1) is 0 Å². The molecule has 2 heterocycles. The first-order chi connectivity index (χ1) is 25.7. The zero-order valence-corrected chi connectivity index (χ0v) is 30.8. The van der Waals surface area contributed by atoms with Gasteiger partial charge in [0.2, 0.25) is 0 Å². The number of amides is 5. The number of rotatable bonds is 16. The smallest absolute Gasteiger partial charge is 0.302 e. The Morgan fingerprint density at radius 2 is 1.06 bits per heavy atom. The molecule has 9 nitrogen and oxygen atoms in total. The van der Waals surface area contributed by atoms with Crippen molar-refractivity contribution in [1.82, 2.24) is 15.1 Å². The molecule has 9 heteroatoms. The van der Waals surface area contributed by atoms with Crippen molar-refractivity contribution in [2.75, 3.05) is 13.1 Å². The van der Waals surface area contributed by atoms with E-state index >= 15 is 0 Å². The van der Waals surface area contributed by atoms with E-state index in [1.807, 2.05) is 36.4 Å². The van der Waals surface area contributed by atoms with Crippen molar-refractivity contribution >= 4 is 72.6 Å². The van der Waals surface area contributed by atoms with Crippen LogP contribution in [0.1, 0.15) is 133 Å². The third-order valence-corrected chi connectivity index (χ3v) is 11.3. The fraction of sp³-hybridized carbons (Fsp3) is 0.409. The Labute approximate surface area is 309 Å². The molecular formula is C44H46N4O5. The SMILES string of the molecule is [C-]#[N+][C@@H](C)C(=O)NCCCN1C(=O)c2ccc3c4ccc5c6c(ccc(c7ccc(c2c37)C1=O)c64)C(=O)N(C(CCCCCC)CCCCCC)C5=O. The van der Waals surface area contributed by atoms with E-state index < -0.39 is 17.9 Å². The van der Waals surface area contributed by atoms with Gasteiger partial charge < -0.3 is 10.2 Å². The van der Waals surface area contributed by atoms with Gasteiger partial charge in [-0.05, 0) is 75.8 Å². The van der Waals surface area contributed by atoms with Gasteiger partial charge in [-0.1, -0.05) is 89.5 Å². The number of hydrogen-bond donors (Lipinski definition) is 1. The average Bonchev–Trinajstić information content (AvgIpc) is 3.17. The van der Waals surface area contributed by atoms with E-state index in [4.69, 9.17) is 6.57 Å². The van der Waals surface area contributed by atoms with Crippen molar-refractivity contribution in [2.24, 2.45) is 0 Å². The molecule has 5 aromatic carbocycles. The summed E-state index contributed by atoms with van der Waals surface area (Å²) in [5.41, 5.74) is 1.96. The molecule has 272 valence electrons. The van der Waals surface area contributed by atoms with Crippen molar-refractivity contribution in [3.8, 4) is 0 Å². The lowest BCUT2D eigenvalue weighted by Crippen LogP contribution is -2.47. The number of fused-ring (bicyclic) bond motifs is 2. The van der Waals surface area contributed by atoms with Gasteiger partial charge in [-0.3, -0.25) is 33.8 Å². The number of nitrogens with one attached hydrogen (secondary N) is 1. The number of nitrogens with zero attached hydrogens (tertiary/aromatic N) is 3. The summed E-state index contributed by atoms with van der Waals surface area (Å²) in [4.78, 5) is 74.5. The molecule has 0 aliphatic carbocycles. The summed E-state index contributed by atoms with van der Waals surface area (Å²) in [5.74, 6) is -1.62. The maximum Gasteiger partial charge on any atom is 0.302 e. The molecule has 1 atom stereocenters. The molecular weight excluding hydrogens is 665 g/mol. The highest BCUT2D eigenvalue weighted by Gasteiger charge is 2.39. The van der Waals surface area contributed by atoms with Crippen LogP contribution in [0.2, 0.25) is 0 Å². The summed E-state index contributed by atoms with van der Waals surface area (Å²) in [6, 6.07) is 14.1. The van der Waals surface area contributed by atoms with Crippen molar-refractivity contribution in [2.45, 2.75) is 103 Å². The number of hydrogen-bond acceptors (Lipinski definition) is 5. The lowest BCUT2D eigenvalue weighted by Gasteiger charge is -2.35. The highest BCUT2D eigenvalue weighted by Crippen LogP contribution is 2.46. The van der Waals surface area contributed by atoms with Crippen LogP contribution < -0.4 is 5.32 Å². The van der Waals surface area contributed by atoms with Crippen molar-refractivity contribution in [3.63, 3.8) is 0 Å². The van der Waals surface area contributed by atoms with E-state index in [2.05, 4.69) is 24.0 Å². The monoisotopic (exact) mass is 710 g/mol. The van der Waals surface area contributed by atoms with Crippen LogP contribution in [0.5, 0.6) is 0 Å². The van der Waals surface area contributed by atoms with E-state index in [1.54, 1.807) is 17.0 Å². The average molecular weight is 711 g/mol. The first-order valence-electron chi connectivity index (χ1n) is 19.3. The van der Waals surface area contributed by atoms with E-state index in [1.165, 1.54) is 11.8 Å². The lowest BCUT2D eigenvalue weighted by atomic mass is 9.82. The van der Waals surface area contributed by atoms with Crippen LogP contribution >= 0.6 is 0 Å². The third-order valence-electron chi connectivity index (χ3n) is 11.3. The minimum atomic E-state index is -0.796. The summed E-state index contributed by atoms with van der Waals surface area (Å²) in [6.45, 7) is 13.3. The summed E-state index contributed by atoms with van der Waals surface area (Å²) in [7, 11) is 0. The molecule has 7 rings (SSSR count). The molecule has 0 spiro atoms. The topological polar surface area (TPSA) is 108 Å². The molecule has 1 N–H and O–H groups in total. The molecule has 0 aromatic heterocycles. The molecule has 0 saturated heterocycles. The van der Waals surface area contributed by atoms with Gasteiger partial charge in [-0.25, -0.2) is 6.57 Å². The first kappa shape index (κ1) is 36.0. The Balaban J connectivity index is 1.26. The third kappa shape index (κ3) is 6.08. The van der Waals surface area contributed by atoms with Gasteiger partial charge in [-0.2, -0.15) is 0 Å². The van der Waals surface area contributed by atoms with Gasteiger partial charge in [0, 0.05) is 59.1 Å². The summed E-state index contributed by atoms with van der Waals surface area (Å²) in [5, 5.41) is 9.10. The summed E-state index contributed by atoms with van der Waals surface area (Å²) >= 11 is 0. The highest BCUT2D eigenvalue weighted by atomic mass is 16.2. The van der Waals surface area contributed by atoms with E-state index in [0.29, 0.717) is 39.4 Å². The second-order valence-electron chi connectivity index (χ2n) is 14.7. The Hall–Kier alpha value is -5.36. The predicted molar refractivity (Wildman–Crippen MR) is 209 cm³/mol. The second-order valence-corrected chi connectivity index (χ2v) is 14.7. The molecule has 0 bridgehead atoms. The van der Waals surface area contributed by atoms with Crippen molar-refractivity contribution < 1.29 is 24.0 Å². The molecule has 5 amide bonds. The minimum absolute atomic E-state index is 0.125. The molecule has 0 radical (unpaired) electrons. The van der Waals surface area contributed by atoms with Crippen molar-refractivity contribution in [3.05, 3.63) is 82.2 Å². The fourth-order valence-electron chi connectivity index (χ4n) is 8.54. The fourth-order valence-corrected chi connectivity index (χ4v) is 8.54. The minimum Gasteiger partial charge on any atom is -0.349 e. The predicted octanol–water partition coefficient (Wildman–Crippen LogP) is 9.05. The van der Waals surface area contributed by atoms with Gasteiger partial charge in [0.15, 0.2) is 0 Å². The van der Waals surface area contributed by atoms with Crippen LogP contribution in [0.15, 0.2) is 48.5 Å². The Bertz CT molecular complexity index is 2210. The molecule has 0 fully saturated rings. The Morgan fingerprint density at radius 3 is 1.47 bits per heavy atom. The largest absolute Gasteiger partial charge is 0.349 e. The number of carbonyl (C=O) groups is 5. The molecule has 0 saturated carbocycles. The van der Waals surface area contributed by atoms with Gasteiger partial charge in [0.1, 0.15) is 0 Å². The normalized spacial score (nSPS) is 14.8. The van der Waals surface area contributed by atoms with Crippen LogP contribution in [-0.2, 0) is 4.79 Å². The summed E-state index contributed by atoms with van der Waals surface area (Å²) < 4.78 is 0. The zero-order valence-electron chi connectivity index (χ0n) is 30.8. The quantitative estimate of drug-likeness (QED) is 0.0362. The number of benzene rings is 5. The Morgan fingerprint density at radius 1 is 0.623 bits per heavy atom. The van der Waals surface area contributed by atoms with Crippen LogP contribution in [0.4, 0.5) is 0 Å². The maximum absolute atomic E-state index is 14.4. The van der Waals surface area contributed by atoms with Crippen LogP contribution in [0, 0.1) is 6.57 Å². The molecule has 2 aliphatic rings. The second kappa shape index (κ2) is 14.9. The zero-order chi connectivity index (χ0) is 37.4. The van der Waals surface area contributed by atoms with E-state index in [-0.39, 0.29) is 36.9 Å². The van der Waals surface area contributed by atoms with Crippen molar-refractivity contribution in [1.29, 1.82) is 0 Å². The van der Waals surface area contributed by atoms with Crippen LogP contribution in [0.25, 0.3) is 47.9 Å². The standard InChI is InChI=1S/C44H46N4O5/c1-5-7-9-11-14-27(15-12-10-8-6-2)48-43(52)34-22-18-30-28-16-20-32-38-33(42(51)47(41(32)50)25-13-24-46-40(49)26(3)45-4)21-17-29(36(28)38)31-19-23-35(44(48)53)39(34)37(30)31/h16-23,26-27H,5-15,24-25H2,1-3H3,(H,46,49)/t26-/m0/s1. The van der Waals surface area contributed by atoms with Gasteiger partial charge in [0.05, 0.1) is 0 Å². The van der Waals surface area contributed by atoms with E-state index in [9.17, 15) is 24.0 Å². The lowest BCUT2D eigenvalue weighted by molar-refractivity contribution is -0.121. The highest BCUT2D eigenvalue weighted by molar-refractivity contribution is 6.41. The van der Waals surface area contributed by atoms with Crippen LogP contribution in [-0.4, -0.2) is 64.5 Å². The number of unbranched alkanes of at least 4 members (excludes halogenated alkanes) is 6. The summed E-state index contributed by atoms with van der Waals surface area (Å²) in [6.07, 6.45) is 10.7. The maximum atomic E-state index is 14.4. The molecule has 2 aliphatic heterocycles. The first-order valence-corrected chi connectivity index (χ1v) is 19.3. The Kier molecular flexibility index (Phi) is 10.2. The van der Waals surface area contributed by atoms with Crippen LogP contribution in [0.3, 0.4) is 0 Å². The van der Waals surface area contributed by atoms with E-state index in [0.717, 1.165) is 96.5 Å². The molecule has 5 aromatic rings. The molecule has 53 heavy (non-hydrogen) atoms. The van der Waals surface area contributed by atoms with Gasteiger partial charge >= 0.3 is 5.91 Å². The van der Waals surface area contributed by atoms with Gasteiger partial charge in [0.25, 0.3) is 29.7 Å². The number of imide groups is 2. The molecule has 0 unspecified atom stereocenters. The number of carbonyl (C=O) groups excluding carboxylic acids is 5.